The Morgan fingerprint density at radius 3 is 2.50 bits per heavy atom. The maximum absolute atomic E-state index is 11.4. The normalized spacial score (nSPS) is 16.4. The number of nitrogens with one attached hydrogen (secondary N) is 1. The second-order valence-corrected chi connectivity index (χ2v) is 3.71. The number of hydrogen-bond donors (Lipinski definition) is 1. The summed E-state index contributed by atoms with van der Waals surface area (Å²) in [5, 5.41) is 3.19. The van der Waals surface area contributed by atoms with Crippen LogP contribution in [0.3, 0.4) is 0 Å². The van der Waals surface area contributed by atoms with E-state index in [9.17, 15) is 4.79 Å². The number of carbonyl (C=O) groups is 1. The van der Waals surface area contributed by atoms with Crippen LogP contribution < -0.4 is 5.32 Å². The minimum Gasteiger partial charge on any atom is -0.449 e. The third kappa shape index (κ3) is 4.67. The summed E-state index contributed by atoms with van der Waals surface area (Å²) in [5.41, 5.74) is 0. The van der Waals surface area contributed by atoms with Crippen LogP contribution in [0.25, 0.3) is 0 Å². The number of rotatable bonds is 2. The van der Waals surface area contributed by atoms with Gasteiger partial charge in [0.05, 0.1) is 6.61 Å². The summed E-state index contributed by atoms with van der Waals surface area (Å²) in [6, 6.07) is 0. The molecular formula is C9H19ClN2O2. The molecule has 0 aromatic carbocycles. The smallest absolute Gasteiger partial charge is 0.409 e. The van der Waals surface area contributed by atoms with Gasteiger partial charge in [-0.25, -0.2) is 4.79 Å². The summed E-state index contributed by atoms with van der Waals surface area (Å²) in [7, 11) is 0. The first kappa shape index (κ1) is 13.5. The quantitative estimate of drug-likeness (QED) is 0.761. The fourth-order valence-corrected chi connectivity index (χ4v) is 1.18. The van der Waals surface area contributed by atoms with Gasteiger partial charge in [0.2, 0.25) is 0 Å². The van der Waals surface area contributed by atoms with Crippen LogP contribution in [0, 0.1) is 5.92 Å². The minimum absolute atomic E-state index is 0. The zero-order valence-electron chi connectivity index (χ0n) is 8.78. The van der Waals surface area contributed by atoms with Gasteiger partial charge in [0, 0.05) is 26.2 Å². The van der Waals surface area contributed by atoms with Crippen LogP contribution in [0.15, 0.2) is 0 Å². The Hall–Kier alpha value is -0.480. The average Bonchev–Trinajstić information content (AvgIpc) is 2.15. The van der Waals surface area contributed by atoms with Gasteiger partial charge in [-0.15, -0.1) is 12.4 Å². The van der Waals surface area contributed by atoms with Crippen molar-refractivity contribution in [3.8, 4) is 0 Å². The molecule has 14 heavy (non-hydrogen) atoms. The van der Waals surface area contributed by atoms with Gasteiger partial charge < -0.3 is 15.0 Å². The van der Waals surface area contributed by atoms with Crippen molar-refractivity contribution >= 4 is 18.5 Å². The number of carbonyl (C=O) groups excluding carboxylic acids is 1. The summed E-state index contributed by atoms with van der Waals surface area (Å²) in [5.74, 6) is 0.409. The van der Waals surface area contributed by atoms with Gasteiger partial charge in [0.15, 0.2) is 0 Å². The molecule has 0 bridgehead atoms. The first-order chi connectivity index (χ1) is 6.20. The second kappa shape index (κ2) is 6.90. The SMILES string of the molecule is CC(C)COC(=O)N1CCNCC1.Cl. The highest BCUT2D eigenvalue weighted by Gasteiger charge is 2.17. The molecule has 1 heterocycles. The zero-order valence-corrected chi connectivity index (χ0v) is 9.60. The minimum atomic E-state index is -0.171. The van der Waals surface area contributed by atoms with E-state index in [-0.39, 0.29) is 18.5 Å². The molecule has 1 aliphatic heterocycles. The molecule has 0 aromatic heterocycles. The molecule has 1 aliphatic rings. The van der Waals surface area contributed by atoms with E-state index in [0.29, 0.717) is 12.5 Å². The number of amides is 1. The van der Waals surface area contributed by atoms with Crippen LogP contribution in [0.4, 0.5) is 4.79 Å². The third-order valence-electron chi connectivity index (χ3n) is 1.92. The Bertz CT molecular complexity index is 170. The van der Waals surface area contributed by atoms with Crippen LogP contribution in [-0.2, 0) is 4.74 Å². The maximum Gasteiger partial charge on any atom is 0.409 e. The Morgan fingerprint density at radius 2 is 2.00 bits per heavy atom. The van der Waals surface area contributed by atoms with Crippen molar-refractivity contribution in [1.82, 2.24) is 10.2 Å². The number of piperazine rings is 1. The van der Waals surface area contributed by atoms with E-state index >= 15 is 0 Å². The van der Waals surface area contributed by atoms with Gasteiger partial charge >= 0.3 is 6.09 Å². The fraction of sp³-hybridized carbons (Fsp3) is 0.889. The molecule has 0 aromatic rings. The molecule has 1 amide bonds. The number of hydrogen-bond acceptors (Lipinski definition) is 3. The molecule has 5 heteroatoms. The van der Waals surface area contributed by atoms with Crippen LogP contribution >= 0.6 is 12.4 Å². The van der Waals surface area contributed by atoms with Crippen LogP contribution in [0.5, 0.6) is 0 Å². The van der Waals surface area contributed by atoms with Gasteiger partial charge in [0.1, 0.15) is 0 Å². The van der Waals surface area contributed by atoms with Gasteiger partial charge in [-0.05, 0) is 5.92 Å². The molecule has 4 nitrogen and oxygen atoms in total. The largest absolute Gasteiger partial charge is 0.449 e. The summed E-state index contributed by atoms with van der Waals surface area (Å²) in [4.78, 5) is 13.1. The number of ether oxygens (including phenoxy) is 1. The predicted octanol–water partition coefficient (Wildman–Crippen LogP) is 1.11. The first-order valence-electron chi connectivity index (χ1n) is 4.82. The second-order valence-electron chi connectivity index (χ2n) is 3.71. The first-order valence-corrected chi connectivity index (χ1v) is 4.82. The van der Waals surface area contributed by atoms with Gasteiger partial charge in [-0.2, -0.15) is 0 Å². The standard InChI is InChI=1S/C9H18N2O2.ClH/c1-8(2)7-13-9(12)11-5-3-10-4-6-11;/h8,10H,3-7H2,1-2H3;1H. The Kier molecular flexibility index (Phi) is 6.66. The summed E-state index contributed by atoms with van der Waals surface area (Å²) in [6.07, 6.45) is -0.171. The lowest BCUT2D eigenvalue weighted by Crippen LogP contribution is -2.46. The molecule has 0 aliphatic carbocycles. The molecular weight excluding hydrogens is 204 g/mol. The summed E-state index contributed by atoms with van der Waals surface area (Å²) in [6.45, 7) is 7.85. The van der Waals surface area contributed by atoms with Crippen molar-refractivity contribution in [2.45, 2.75) is 13.8 Å². The maximum atomic E-state index is 11.4. The van der Waals surface area contributed by atoms with Crippen LogP contribution in [0.1, 0.15) is 13.8 Å². The molecule has 1 N–H and O–H groups in total. The monoisotopic (exact) mass is 222 g/mol. The van der Waals surface area contributed by atoms with E-state index in [1.807, 2.05) is 13.8 Å². The highest BCUT2D eigenvalue weighted by Crippen LogP contribution is 1.99. The molecule has 0 unspecified atom stereocenters. The van der Waals surface area contributed by atoms with Crippen molar-refractivity contribution < 1.29 is 9.53 Å². The molecule has 0 saturated carbocycles. The van der Waals surface area contributed by atoms with Gasteiger partial charge in [-0.1, -0.05) is 13.8 Å². The van der Waals surface area contributed by atoms with E-state index < -0.39 is 0 Å². The third-order valence-corrected chi connectivity index (χ3v) is 1.92. The molecule has 84 valence electrons. The van der Waals surface area contributed by atoms with Crippen LogP contribution in [0.2, 0.25) is 0 Å². The Morgan fingerprint density at radius 1 is 1.43 bits per heavy atom. The lowest BCUT2D eigenvalue weighted by atomic mass is 10.2. The molecule has 1 saturated heterocycles. The average molecular weight is 223 g/mol. The van der Waals surface area contributed by atoms with Gasteiger partial charge in [0.25, 0.3) is 0 Å². The fourth-order valence-electron chi connectivity index (χ4n) is 1.18. The molecule has 0 radical (unpaired) electrons. The van der Waals surface area contributed by atoms with Crippen molar-refractivity contribution in [2.24, 2.45) is 5.92 Å². The molecule has 1 rings (SSSR count). The molecule has 0 spiro atoms. The zero-order chi connectivity index (χ0) is 9.68. The van der Waals surface area contributed by atoms with Gasteiger partial charge in [-0.3, -0.25) is 0 Å². The lowest BCUT2D eigenvalue weighted by Gasteiger charge is -2.26. The highest BCUT2D eigenvalue weighted by atomic mass is 35.5. The highest BCUT2D eigenvalue weighted by molar-refractivity contribution is 5.85. The Balaban J connectivity index is 0.00000169. The molecule has 0 atom stereocenters. The van der Waals surface area contributed by atoms with Crippen molar-refractivity contribution in [3.63, 3.8) is 0 Å². The molecule has 1 fully saturated rings. The Labute approximate surface area is 91.4 Å². The lowest BCUT2D eigenvalue weighted by molar-refractivity contribution is 0.0879. The topological polar surface area (TPSA) is 41.6 Å². The van der Waals surface area contributed by atoms with E-state index in [1.54, 1.807) is 4.90 Å². The summed E-state index contributed by atoms with van der Waals surface area (Å²) < 4.78 is 5.10. The van der Waals surface area contributed by atoms with E-state index in [0.717, 1.165) is 26.2 Å². The van der Waals surface area contributed by atoms with E-state index in [2.05, 4.69) is 5.32 Å². The van der Waals surface area contributed by atoms with Crippen LogP contribution in [-0.4, -0.2) is 43.8 Å². The van der Waals surface area contributed by atoms with Crippen molar-refractivity contribution in [3.05, 3.63) is 0 Å². The number of halogens is 1. The van der Waals surface area contributed by atoms with Crippen molar-refractivity contribution in [1.29, 1.82) is 0 Å². The summed E-state index contributed by atoms with van der Waals surface area (Å²) >= 11 is 0. The van der Waals surface area contributed by atoms with E-state index in [1.165, 1.54) is 0 Å². The van der Waals surface area contributed by atoms with Crippen molar-refractivity contribution in [2.75, 3.05) is 32.8 Å². The number of nitrogens with zero attached hydrogens (tertiary/aromatic N) is 1. The van der Waals surface area contributed by atoms with E-state index in [4.69, 9.17) is 4.74 Å². The predicted molar refractivity (Wildman–Crippen MR) is 57.9 cm³/mol.